The van der Waals surface area contributed by atoms with E-state index in [-0.39, 0.29) is 11.1 Å². The Bertz CT molecular complexity index is 1310. The van der Waals surface area contributed by atoms with Crippen LogP contribution in [0.1, 0.15) is 5.82 Å². The van der Waals surface area contributed by atoms with Crippen molar-refractivity contribution in [3.63, 3.8) is 0 Å². The summed E-state index contributed by atoms with van der Waals surface area (Å²) in [5.74, 6) is 1.04. The lowest BCUT2D eigenvalue weighted by Gasteiger charge is -2.11. The number of thioether (sulfide) groups is 1. The fourth-order valence-electron chi connectivity index (χ4n) is 2.88. The number of H-pyrrole nitrogens is 1. The molecule has 132 valence electrons. The fourth-order valence-corrected chi connectivity index (χ4v) is 3.75. The van der Waals surface area contributed by atoms with Crippen molar-refractivity contribution < 1.29 is 4.42 Å². The van der Waals surface area contributed by atoms with Gasteiger partial charge in [0, 0.05) is 6.07 Å². The average molecular weight is 376 g/mol. The quantitative estimate of drug-likeness (QED) is 0.380. The molecule has 0 unspecified atom stereocenters. The summed E-state index contributed by atoms with van der Waals surface area (Å²) in [5.41, 5.74) is 2.64. The van der Waals surface area contributed by atoms with E-state index in [1.54, 1.807) is 17.0 Å². The van der Waals surface area contributed by atoms with Crippen molar-refractivity contribution >= 4 is 34.0 Å². The van der Waals surface area contributed by atoms with Crippen LogP contribution >= 0.6 is 11.8 Å². The van der Waals surface area contributed by atoms with Gasteiger partial charge in [-0.15, -0.1) is 0 Å². The molecule has 27 heavy (non-hydrogen) atoms. The molecule has 0 aliphatic carbocycles. The molecule has 0 amide bonds. The van der Waals surface area contributed by atoms with Crippen LogP contribution in [0.25, 0.3) is 28.0 Å². The molecule has 0 aliphatic rings. The molecule has 0 bridgehead atoms. The summed E-state index contributed by atoms with van der Waals surface area (Å²) < 4.78 is 6.91. The van der Waals surface area contributed by atoms with E-state index in [2.05, 4.69) is 24.9 Å². The van der Waals surface area contributed by atoms with Crippen molar-refractivity contribution in [1.29, 1.82) is 0 Å². The zero-order chi connectivity index (χ0) is 18.2. The smallest absolute Gasteiger partial charge is 0.301 e. The lowest BCUT2D eigenvalue weighted by Crippen LogP contribution is -2.23. The van der Waals surface area contributed by atoms with Crippen LogP contribution in [0, 0.1) is 0 Å². The first-order valence-corrected chi connectivity index (χ1v) is 9.11. The van der Waals surface area contributed by atoms with E-state index in [0.29, 0.717) is 28.3 Å². The summed E-state index contributed by atoms with van der Waals surface area (Å²) in [6, 6.07) is 11.1. The van der Waals surface area contributed by atoms with Crippen LogP contribution in [-0.2, 0) is 5.75 Å². The van der Waals surface area contributed by atoms with Crippen LogP contribution in [0.2, 0.25) is 0 Å². The maximum absolute atomic E-state index is 13.0. The van der Waals surface area contributed by atoms with E-state index >= 15 is 0 Å². The number of fused-ring (bicyclic) bond motifs is 2. The number of benzene rings is 1. The summed E-state index contributed by atoms with van der Waals surface area (Å²) in [7, 11) is 0. The highest BCUT2D eigenvalue weighted by Crippen LogP contribution is 2.26. The van der Waals surface area contributed by atoms with E-state index in [1.807, 2.05) is 30.3 Å². The van der Waals surface area contributed by atoms with Crippen LogP contribution in [0.15, 0.2) is 69.6 Å². The third-order valence-corrected chi connectivity index (χ3v) is 5.06. The molecule has 0 atom stereocenters. The summed E-state index contributed by atoms with van der Waals surface area (Å²) in [5, 5.41) is 0.724. The second kappa shape index (κ2) is 6.36. The Morgan fingerprint density at radius 1 is 1.11 bits per heavy atom. The predicted octanol–water partition coefficient (Wildman–Crippen LogP) is 2.94. The highest BCUT2D eigenvalue weighted by Gasteiger charge is 2.16. The lowest BCUT2D eigenvalue weighted by atomic mass is 10.3. The fraction of sp³-hybridized carbons (Fsp3) is 0.0556. The average Bonchev–Trinajstić information content (AvgIpc) is 3.36. The molecule has 0 fully saturated rings. The maximum atomic E-state index is 13.0. The molecule has 8 nitrogen and oxygen atoms in total. The summed E-state index contributed by atoms with van der Waals surface area (Å²) >= 11 is 1.45. The zero-order valence-corrected chi connectivity index (χ0v) is 14.7. The first-order chi connectivity index (χ1) is 13.3. The predicted molar refractivity (Wildman–Crippen MR) is 101 cm³/mol. The molecular weight excluding hydrogens is 364 g/mol. The van der Waals surface area contributed by atoms with Crippen LogP contribution in [-0.4, -0.2) is 29.5 Å². The second-order valence-corrected chi connectivity index (χ2v) is 6.67. The molecule has 4 heterocycles. The van der Waals surface area contributed by atoms with Crippen molar-refractivity contribution in [2.45, 2.75) is 10.8 Å². The lowest BCUT2D eigenvalue weighted by molar-refractivity contribution is 0.605. The van der Waals surface area contributed by atoms with Gasteiger partial charge in [-0.25, -0.2) is 19.9 Å². The van der Waals surface area contributed by atoms with Gasteiger partial charge in [0.05, 0.1) is 24.0 Å². The Balaban J connectivity index is 1.62. The molecule has 4 aromatic heterocycles. The van der Waals surface area contributed by atoms with Gasteiger partial charge in [-0.1, -0.05) is 30.0 Å². The molecular formula is C18H12N6O2S. The number of nitrogens with one attached hydrogen (secondary N) is 1. The number of aromatic nitrogens is 6. The van der Waals surface area contributed by atoms with Gasteiger partial charge >= 0.3 is 5.56 Å². The summed E-state index contributed by atoms with van der Waals surface area (Å²) in [4.78, 5) is 33.3. The number of aromatic amines is 1. The molecule has 1 aromatic carbocycles. The Kier molecular flexibility index (Phi) is 3.72. The van der Waals surface area contributed by atoms with Crippen molar-refractivity contribution in [3.8, 4) is 5.69 Å². The molecule has 9 heteroatoms. The van der Waals surface area contributed by atoms with Gasteiger partial charge in [-0.3, -0.25) is 9.36 Å². The van der Waals surface area contributed by atoms with E-state index in [0.717, 1.165) is 10.7 Å². The minimum Gasteiger partial charge on any atom is -0.457 e. The summed E-state index contributed by atoms with van der Waals surface area (Å²) in [6.07, 6.45) is 4.54. The van der Waals surface area contributed by atoms with Crippen LogP contribution in [0.4, 0.5) is 0 Å². The van der Waals surface area contributed by atoms with Crippen molar-refractivity contribution in [2.24, 2.45) is 0 Å². The maximum Gasteiger partial charge on any atom is 0.301 e. The molecule has 0 saturated carbocycles. The minimum absolute atomic E-state index is 0.237. The van der Waals surface area contributed by atoms with E-state index < -0.39 is 0 Å². The standard InChI is InChI=1S/C18H12N6O2S/c25-18-15-12(6-7-26-15)23-13(24(18)11-4-2-1-3-5-11)8-27-17-14-16(20-9-19-14)21-10-22-17/h1-7,9-10H,8H2,(H,19,20,21,22). The van der Waals surface area contributed by atoms with Gasteiger partial charge in [-0.2, -0.15) is 0 Å². The molecule has 1 N–H and O–H groups in total. The Labute approximate surface area is 156 Å². The number of hydrogen-bond acceptors (Lipinski definition) is 7. The molecule has 0 spiro atoms. The molecule has 0 radical (unpaired) electrons. The Hall–Kier alpha value is -3.46. The number of para-hydroxylation sites is 1. The third kappa shape index (κ3) is 2.68. The SMILES string of the molecule is O=c1c2occc2nc(CSc2ncnc3[nH]cnc23)n1-c1ccccc1. The highest BCUT2D eigenvalue weighted by atomic mass is 32.2. The van der Waals surface area contributed by atoms with Gasteiger partial charge in [0.15, 0.2) is 5.65 Å². The van der Waals surface area contributed by atoms with Crippen LogP contribution in [0.3, 0.4) is 0 Å². The van der Waals surface area contributed by atoms with Gasteiger partial charge in [-0.05, 0) is 12.1 Å². The molecule has 5 rings (SSSR count). The topological polar surface area (TPSA) is 102 Å². The largest absolute Gasteiger partial charge is 0.457 e. The molecule has 5 aromatic rings. The van der Waals surface area contributed by atoms with Crippen LogP contribution in [0.5, 0.6) is 0 Å². The molecule has 0 aliphatic heterocycles. The number of nitrogens with zero attached hydrogens (tertiary/aromatic N) is 5. The first-order valence-electron chi connectivity index (χ1n) is 8.13. The number of furan rings is 1. The second-order valence-electron chi connectivity index (χ2n) is 5.71. The van der Waals surface area contributed by atoms with E-state index in [4.69, 9.17) is 4.42 Å². The van der Waals surface area contributed by atoms with E-state index in [1.165, 1.54) is 24.4 Å². The normalized spacial score (nSPS) is 11.4. The monoisotopic (exact) mass is 376 g/mol. The zero-order valence-electron chi connectivity index (χ0n) is 13.9. The summed E-state index contributed by atoms with van der Waals surface area (Å²) in [6.45, 7) is 0. The highest BCUT2D eigenvalue weighted by molar-refractivity contribution is 7.98. The van der Waals surface area contributed by atoms with Gasteiger partial charge in [0.25, 0.3) is 0 Å². The van der Waals surface area contributed by atoms with Crippen molar-refractivity contribution in [1.82, 2.24) is 29.5 Å². The van der Waals surface area contributed by atoms with Crippen molar-refractivity contribution in [2.75, 3.05) is 0 Å². The van der Waals surface area contributed by atoms with E-state index in [9.17, 15) is 4.79 Å². The van der Waals surface area contributed by atoms with Crippen molar-refractivity contribution in [3.05, 3.63) is 71.5 Å². The number of hydrogen-bond donors (Lipinski definition) is 1. The van der Waals surface area contributed by atoms with Gasteiger partial charge < -0.3 is 9.40 Å². The third-order valence-electron chi connectivity index (χ3n) is 4.09. The minimum atomic E-state index is -0.237. The Morgan fingerprint density at radius 2 is 2.00 bits per heavy atom. The van der Waals surface area contributed by atoms with Crippen LogP contribution < -0.4 is 5.56 Å². The number of imidazole rings is 1. The number of rotatable bonds is 4. The Morgan fingerprint density at radius 3 is 2.89 bits per heavy atom. The molecule has 0 saturated heterocycles. The van der Waals surface area contributed by atoms with Gasteiger partial charge in [0.2, 0.25) is 5.58 Å². The first kappa shape index (κ1) is 15.8. The van der Waals surface area contributed by atoms with Gasteiger partial charge in [0.1, 0.15) is 28.2 Å².